The molecule has 1 heterocycles. The normalized spacial score (nSPS) is 21.8. The lowest BCUT2D eigenvalue weighted by Crippen LogP contribution is -2.47. The zero-order chi connectivity index (χ0) is 17.1. The third kappa shape index (κ3) is 4.46. The molecule has 24 heavy (non-hydrogen) atoms. The molecular weight excluding hydrogens is 292 g/mol. The highest BCUT2D eigenvalue weighted by Crippen LogP contribution is 2.23. The number of benzene rings is 2. The summed E-state index contributed by atoms with van der Waals surface area (Å²) in [5.41, 5.74) is 13.3. The van der Waals surface area contributed by atoms with Gasteiger partial charge in [0.25, 0.3) is 0 Å². The molecule has 1 saturated heterocycles. The average molecular weight is 322 g/mol. The van der Waals surface area contributed by atoms with Crippen molar-refractivity contribution in [1.29, 1.82) is 0 Å². The smallest absolute Gasteiger partial charge is 0.0234 e. The summed E-state index contributed by atoms with van der Waals surface area (Å²) >= 11 is 0. The summed E-state index contributed by atoms with van der Waals surface area (Å²) in [4.78, 5) is 2.54. The molecule has 2 aromatic carbocycles. The molecule has 2 aromatic rings. The van der Waals surface area contributed by atoms with E-state index in [2.05, 4.69) is 68.1 Å². The Morgan fingerprint density at radius 2 is 1.79 bits per heavy atom. The molecule has 0 aliphatic carbocycles. The second-order valence-electron chi connectivity index (χ2n) is 7.67. The van der Waals surface area contributed by atoms with Crippen molar-refractivity contribution in [1.82, 2.24) is 4.90 Å². The zero-order valence-corrected chi connectivity index (χ0v) is 15.3. The first-order valence-corrected chi connectivity index (χ1v) is 9.09. The van der Waals surface area contributed by atoms with E-state index in [1.165, 1.54) is 27.8 Å². The number of rotatable bonds is 4. The van der Waals surface area contributed by atoms with Gasteiger partial charge in [-0.15, -0.1) is 0 Å². The Kier molecular flexibility index (Phi) is 5.37. The van der Waals surface area contributed by atoms with Gasteiger partial charge in [-0.3, -0.25) is 4.90 Å². The van der Waals surface area contributed by atoms with Crippen LogP contribution in [0.2, 0.25) is 0 Å². The van der Waals surface area contributed by atoms with Crippen LogP contribution in [0, 0.1) is 26.7 Å². The van der Waals surface area contributed by atoms with E-state index in [1.807, 2.05) is 0 Å². The zero-order valence-electron chi connectivity index (χ0n) is 15.3. The van der Waals surface area contributed by atoms with Crippen LogP contribution >= 0.6 is 0 Å². The predicted octanol–water partition coefficient (Wildman–Crippen LogP) is 4.00. The van der Waals surface area contributed by atoms with Crippen molar-refractivity contribution in [3.05, 3.63) is 70.3 Å². The molecule has 128 valence electrons. The number of likely N-dealkylation sites (tertiary alicyclic amines) is 1. The predicted molar refractivity (Wildman–Crippen MR) is 102 cm³/mol. The van der Waals surface area contributed by atoms with Gasteiger partial charge in [-0.25, -0.2) is 0 Å². The van der Waals surface area contributed by atoms with Crippen LogP contribution in [0.4, 0.5) is 0 Å². The maximum Gasteiger partial charge on any atom is 0.0234 e. The van der Waals surface area contributed by atoms with Crippen LogP contribution in [0.15, 0.2) is 42.5 Å². The van der Waals surface area contributed by atoms with E-state index in [4.69, 9.17) is 5.73 Å². The fourth-order valence-electron chi connectivity index (χ4n) is 3.96. The van der Waals surface area contributed by atoms with Gasteiger partial charge in [0.15, 0.2) is 0 Å². The van der Waals surface area contributed by atoms with Crippen molar-refractivity contribution in [2.75, 3.05) is 13.1 Å². The van der Waals surface area contributed by atoms with Crippen LogP contribution in [0.25, 0.3) is 0 Å². The summed E-state index contributed by atoms with van der Waals surface area (Å²) in [5.74, 6) is 0.653. The molecule has 0 saturated carbocycles. The Balaban J connectivity index is 1.65. The molecule has 2 atom stereocenters. The third-order valence-corrected chi connectivity index (χ3v) is 5.23. The van der Waals surface area contributed by atoms with Gasteiger partial charge in [0, 0.05) is 25.7 Å². The number of piperidine rings is 1. The molecule has 3 rings (SSSR count). The van der Waals surface area contributed by atoms with Crippen LogP contribution in [0.5, 0.6) is 0 Å². The Morgan fingerprint density at radius 3 is 2.54 bits per heavy atom. The summed E-state index contributed by atoms with van der Waals surface area (Å²) in [6, 6.07) is 16.0. The fraction of sp³-hybridized carbons (Fsp3) is 0.455. The van der Waals surface area contributed by atoms with Gasteiger partial charge in [0.2, 0.25) is 0 Å². The lowest BCUT2D eigenvalue weighted by atomic mass is 9.88. The SMILES string of the molecule is Cc1cccc(CN2CC(N)CC(Cc3ccc(C)c(C)c3)C2)c1. The third-order valence-electron chi connectivity index (χ3n) is 5.23. The molecule has 0 bridgehead atoms. The first-order chi connectivity index (χ1) is 11.5. The van der Waals surface area contributed by atoms with E-state index in [-0.39, 0.29) is 0 Å². The number of hydrogen-bond donors (Lipinski definition) is 1. The highest BCUT2D eigenvalue weighted by atomic mass is 15.1. The molecule has 0 aromatic heterocycles. The van der Waals surface area contributed by atoms with Crippen LogP contribution in [0.1, 0.15) is 34.2 Å². The standard InChI is InChI=1S/C22H30N2/c1-16-5-4-6-20(9-16)13-24-14-21(12-22(23)15-24)11-19-8-7-17(2)18(3)10-19/h4-10,21-22H,11-15,23H2,1-3H3. The van der Waals surface area contributed by atoms with Gasteiger partial charge in [-0.1, -0.05) is 48.0 Å². The van der Waals surface area contributed by atoms with Crippen LogP contribution < -0.4 is 5.73 Å². The summed E-state index contributed by atoms with van der Waals surface area (Å²) in [7, 11) is 0. The van der Waals surface area contributed by atoms with Gasteiger partial charge in [-0.05, 0) is 61.8 Å². The average Bonchev–Trinajstić information content (AvgIpc) is 2.50. The van der Waals surface area contributed by atoms with Crippen molar-refractivity contribution < 1.29 is 0 Å². The lowest BCUT2D eigenvalue weighted by Gasteiger charge is -2.36. The van der Waals surface area contributed by atoms with Crippen molar-refractivity contribution in [2.45, 2.75) is 46.2 Å². The van der Waals surface area contributed by atoms with Crippen molar-refractivity contribution in [3.63, 3.8) is 0 Å². The number of aryl methyl sites for hydroxylation is 3. The minimum atomic E-state index is 0.292. The summed E-state index contributed by atoms with van der Waals surface area (Å²) < 4.78 is 0. The minimum Gasteiger partial charge on any atom is -0.327 e. The van der Waals surface area contributed by atoms with E-state index < -0.39 is 0 Å². The Hall–Kier alpha value is -1.64. The summed E-state index contributed by atoms with van der Waals surface area (Å²) in [6.07, 6.45) is 2.27. The number of nitrogens with two attached hydrogens (primary N) is 1. The topological polar surface area (TPSA) is 29.3 Å². The van der Waals surface area contributed by atoms with Crippen molar-refractivity contribution in [2.24, 2.45) is 11.7 Å². The summed E-state index contributed by atoms with van der Waals surface area (Å²) in [6.45, 7) is 9.72. The second kappa shape index (κ2) is 7.50. The Morgan fingerprint density at radius 1 is 0.958 bits per heavy atom. The quantitative estimate of drug-likeness (QED) is 0.922. The molecule has 2 unspecified atom stereocenters. The van der Waals surface area contributed by atoms with Crippen molar-refractivity contribution in [3.8, 4) is 0 Å². The Bertz CT molecular complexity index is 692. The van der Waals surface area contributed by atoms with E-state index >= 15 is 0 Å². The number of nitrogens with zero attached hydrogens (tertiary/aromatic N) is 1. The van der Waals surface area contributed by atoms with Crippen LogP contribution in [-0.4, -0.2) is 24.0 Å². The highest BCUT2D eigenvalue weighted by Gasteiger charge is 2.25. The molecule has 2 heteroatoms. The highest BCUT2D eigenvalue weighted by molar-refractivity contribution is 5.30. The summed E-state index contributed by atoms with van der Waals surface area (Å²) in [5, 5.41) is 0. The second-order valence-corrected chi connectivity index (χ2v) is 7.67. The largest absolute Gasteiger partial charge is 0.327 e. The maximum atomic E-state index is 6.37. The van der Waals surface area contributed by atoms with E-state index in [0.717, 1.165) is 32.5 Å². The number of hydrogen-bond acceptors (Lipinski definition) is 2. The maximum absolute atomic E-state index is 6.37. The first kappa shape index (κ1) is 17.2. The monoisotopic (exact) mass is 322 g/mol. The van der Waals surface area contributed by atoms with Gasteiger partial charge in [0.05, 0.1) is 0 Å². The van der Waals surface area contributed by atoms with Crippen LogP contribution in [0.3, 0.4) is 0 Å². The van der Waals surface area contributed by atoms with Gasteiger partial charge < -0.3 is 5.73 Å². The van der Waals surface area contributed by atoms with E-state index in [0.29, 0.717) is 12.0 Å². The molecule has 2 nitrogen and oxygen atoms in total. The molecule has 1 fully saturated rings. The first-order valence-electron chi connectivity index (χ1n) is 9.09. The van der Waals surface area contributed by atoms with Crippen molar-refractivity contribution >= 4 is 0 Å². The van der Waals surface area contributed by atoms with Gasteiger partial charge in [0.1, 0.15) is 0 Å². The van der Waals surface area contributed by atoms with E-state index in [9.17, 15) is 0 Å². The molecule has 1 aliphatic heterocycles. The molecule has 2 N–H and O–H groups in total. The molecule has 0 radical (unpaired) electrons. The molecule has 0 amide bonds. The minimum absolute atomic E-state index is 0.292. The lowest BCUT2D eigenvalue weighted by molar-refractivity contribution is 0.149. The molecular formula is C22H30N2. The van der Waals surface area contributed by atoms with Gasteiger partial charge in [-0.2, -0.15) is 0 Å². The fourth-order valence-corrected chi connectivity index (χ4v) is 3.96. The van der Waals surface area contributed by atoms with Gasteiger partial charge >= 0.3 is 0 Å². The van der Waals surface area contributed by atoms with Crippen LogP contribution in [-0.2, 0) is 13.0 Å². The Labute approximate surface area is 146 Å². The van der Waals surface area contributed by atoms with E-state index in [1.54, 1.807) is 0 Å². The molecule has 0 spiro atoms. The molecule has 1 aliphatic rings.